The molecule has 0 aliphatic heterocycles. The summed E-state index contributed by atoms with van der Waals surface area (Å²) in [5.41, 5.74) is -1.60. The van der Waals surface area contributed by atoms with Crippen LogP contribution in [0.15, 0.2) is 24.8 Å². The second-order valence-electron chi connectivity index (χ2n) is 6.37. The van der Waals surface area contributed by atoms with Crippen molar-refractivity contribution >= 4 is 11.5 Å². The number of carbonyl (C=O) groups excluding carboxylic acids is 1. The van der Waals surface area contributed by atoms with Crippen LogP contribution in [0, 0.1) is 17.6 Å². The van der Waals surface area contributed by atoms with Crippen LogP contribution in [0.1, 0.15) is 40.9 Å². The zero-order chi connectivity index (χ0) is 19.9. The van der Waals surface area contributed by atoms with Crippen molar-refractivity contribution in [3.8, 4) is 0 Å². The molecule has 27 heavy (non-hydrogen) atoms. The zero-order valence-corrected chi connectivity index (χ0v) is 14.4. The fourth-order valence-electron chi connectivity index (χ4n) is 2.84. The van der Waals surface area contributed by atoms with Crippen LogP contribution < -0.4 is 0 Å². The Morgan fingerprint density at radius 2 is 2.00 bits per heavy atom. The number of aromatic nitrogens is 2. The van der Waals surface area contributed by atoms with E-state index in [1.807, 2.05) is 0 Å². The number of aryl methyl sites for hydroxylation is 1. The van der Waals surface area contributed by atoms with Gasteiger partial charge in [-0.1, -0.05) is 6.58 Å². The summed E-state index contributed by atoms with van der Waals surface area (Å²) in [6.07, 6.45) is -1.91. The first-order chi connectivity index (χ1) is 12.7. The molecule has 1 saturated carbocycles. The lowest BCUT2D eigenvalue weighted by Crippen LogP contribution is -2.35. The number of benzene rings is 1. The summed E-state index contributed by atoms with van der Waals surface area (Å²) in [5.74, 6) is -3.75. The lowest BCUT2D eigenvalue weighted by Gasteiger charge is -2.24. The summed E-state index contributed by atoms with van der Waals surface area (Å²) < 4.78 is 68.2. The van der Waals surface area contributed by atoms with Gasteiger partial charge in [-0.3, -0.25) is 4.79 Å². The zero-order valence-electron chi connectivity index (χ0n) is 14.4. The SMILES string of the molecule is C=C(CN(C(=O)c1c(C(F)F)nn(C)c1F)C1CC1)c1ccc(F)cc1F. The van der Waals surface area contributed by atoms with Gasteiger partial charge in [-0.15, -0.1) is 0 Å². The second kappa shape index (κ2) is 7.13. The van der Waals surface area contributed by atoms with Gasteiger partial charge in [0.15, 0.2) is 0 Å². The summed E-state index contributed by atoms with van der Waals surface area (Å²) in [7, 11) is 1.12. The number of nitrogens with zero attached hydrogens (tertiary/aromatic N) is 3. The number of alkyl halides is 2. The Labute approximate surface area is 151 Å². The van der Waals surface area contributed by atoms with Crippen LogP contribution in [0.4, 0.5) is 22.0 Å². The minimum Gasteiger partial charge on any atom is -0.331 e. The summed E-state index contributed by atoms with van der Waals surface area (Å²) in [5, 5.41) is 3.37. The van der Waals surface area contributed by atoms with Crippen molar-refractivity contribution < 1.29 is 26.7 Å². The molecule has 0 atom stereocenters. The van der Waals surface area contributed by atoms with Crippen molar-refractivity contribution in [2.75, 3.05) is 6.54 Å². The molecule has 144 valence electrons. The van der Waals surface area contributed by atoms with E-state index in [9.17, 15) is 26.7 Å². The Morgan fingerprint density at radius 1 is 1.33 bits per heavy atom. The molecule has 0 saturated heterocycles. The maximum Gasteiger partial charge on any atom is 0.283 e. The first kappa shape index (κ1) is 19.1. The molecule has 2 aromatic rings. The summed E-state index contributed by atoms with van der Waals surface area (Å²) in [6.45, 7) is 3.50. The van der Waals surface area contributed by atoms with Crippen molar-refractivity contribution in [1.82, 2.24) is 14.7 Å². The molecule has 9 heteroatoms. The van der Waals surface area contributed by atoms with Crippen LogP contribution in [0.5, 0.6) is 0 Å². The smallest absolute Gasteiger partial charge is 0.283 e. The van der Waals surface area contributed by atoms with Gasteiger partial charge in [0.2, 0.25) is 5.95 Å². The average molecular weight is 385 g/mol. The van der Waals surface area contributed by atoms with E-state index >= 15 is 0 Å². The minimum atomic E-state index is -3.13. The van der Waals surface area contributed by atoms with E-state index in [0.717, 1.165) is 13.1 Å². The summed E-state index contributed by atoms with van der Waals surface area (Å²) >= 11 is 0. The molecule has 1 heterocycles. The number of hydrogen-bond donors (Lipinski definition) is 0. The van der Waals surface area contributed by atoms with E-state index in [0.29, 0.717) is 23.6 Å². The van der Waals surface area contributed by atoms with Crippen LogP contribution >= 0.6 is 0 Å². The first-order valence-electron chi connectivity index (χ1n) is 8.15. The fraction of sp³-hybridized carbons (Fsp3) is 0.333. The highest BCUT2D eigenvalue weighted by Gasteiger charge is 2.38. The Morgan fingerprint density at radius 3 is 2.56 bits per heavy atom. The number of rotatable bonds is 6. The number of amides is 1. The maximum atomic E-state index is 14.2. The molecule has 1 aliphatic rings. The van der Waals surface area contributed by atoms with Gasteiger partial charge in [-0.05, 0) is 30.5 Å². The Bertz CT molecular complexity index is 905. The van der Waals surface area contributed by atoms with Crippen molar-refractivity contribution in [1.29, 1.82) is 0 Å². The van der Waals surface area contributed by atoms with Gasteiger partial charge in [0.05, 0.1) is 0 Å². The first-order valence-corrected chi connectivity index (χ1v) is 8.15. The van der Waals surface area contributed by atoms with Crippen LogP contribution in [0.3, 0.4) is 0 Å². The normalized spacial score (nSPS) is 13.9. The van der Waals surface area contributed by atoms with Crippen LogP contribution in [-0.4, -0.2) is 33.2 Å². The molecule has 0 N–H and O–H groups in total. The van der Waals surface area contributed by atoms with Gasteiger partial charge in [0.25, 0.3) is 12.3 Å². The third kappa shape index (κ3) is 3.72. The molecule has 0 spiro atoms. The topological polar surface area (TPSA) is 38.1 Å². The van der Waals surface area contributed by atoms with Gasteiger partial charge >= 0.3 is 0 Å². The molecule has 1 aromatic heterocycles. The lowest BCUT2D eigenvalue weighted by atomic mass is 10.1. The minimum absolute atomic E-state index is 0.00408. The highest BCUT2D eigenvalue weighted by atomic mass is 19.3. The largest absolute Gasteiger partial charge is 0.331 e. The molecular formula is C18H16F5N3O. The maximum absolute atomic E-state index is 14.2. The number of halogens is 5. The van der Waals surface area contributed by atoms with Crippen molar-refractivity contribution in [2.24, 2.45) is 7.05 Å². The van der Waals surface area contributed by atoms with Crippen LogP contribution in [0.2, 0.25) is 0 Å². The van der Waals surface area contributed by atoms with Gasteiger partial charge in [0.1, 0.15) is 22.9 Å². The highest BCUT2D eigenvalue weighted by Crippen LogP contribution is 2.33. The summed E-state index contributed by atoms with van der Waals surface area (Å²) in [4.78, 5) is 14.0. The van der Waals surface area contributed by atoms with Gasteiger partial charge in [-0.25, -0.2) is 22.2 Å². The van der Waals surface area contributed by atoms with Crippen molar-refractivity contribution in [3.05, 3.63) is 59.2 Å². The van der Waals surface area contributed by atoms with E-state index in [1.54, 1.807) is 0 Å². The molecule has 0 unspecified atom stereocenters. The standard InChI is InChI=1S/C18H16F5N3O/c1-9(12-6-3-10(19)7-13(12)20)8-26(11-4-5-11)18(27)14-15(16(21)22)24-25(2)17(14)23/h3,6-7,11,16H,1,4-5,8H2,2H3. The average Bonchev–Trinajstić information content (AvgIpc) is 3.38. The van der Waals surface area contributed by atoms with Gasteiger partial charge < -0.3 is 4.90 Å². The Balaban J connectivity index is 1.91. The molecule has 1 aliphatic carbocycles. The van der Waals surface area contributed by atoms with Crippen LogP contribution in [-0.2, 0) is 7.05 Å². The van der Waals surface area contributed by atoms with Crippen molar-refractivity contribution in [2.45, 2.75) is 25.3 Å². The Hall–Kier alpha value is -2.71. The molecule has 1 amide bonds. The molecule has 0 radical (unpaired) electrons. The van der Waals surface area contributed by atoms with E-state index in [2.05, 4.69) is 11.7 Å². The molecule has 3 rings (SSSR count). The summed E-state index contributed by atoms with van der Waals surface area (Å²) in [6, 6.07) is 2.61. The predicted molar refractivity (Wildman–Crippen MR) is 87.6 cm³/mol. The van der Waals surface area contributed by atoms with E-state index < -0.39 is 41.2 Å². The van der Waals surface area contributed by atoms with E-state index in [4.69, 9.17) is 0 Å². The highest BCUT2D eigenvalue weighted by molar-refractivity contribution is 5.96. The molecule has 1 aromatic carbocycles. The molecule has 4 nitrogen and oxygen atoms in total. The third-order valence-electron chi connectivity index (χ3n) is 4.35. The second-order valence-corrected chi connectivity index (χ2v) is 6.37. The fourth-order valence-corrected chi connectivity index (χ4v) is 2.84. The van der Waals surface area contributed by atoms with E-state index in [-0.39, 0.29) is 23.7 Å². The lowest BCUT2D eigenvalue weighted by molar-refractivity contribution is 0.0747. The van der Waals surface area contributed by atoms with Crippen LogP contribution in [0.25, 0.3) is 5.57 Å². The van der Waals surface area contributed by atoms with Gasteiger partial charge in [0, 0.05) is 31.3 Å². The number of hydrogen-bond acceptors (Lipinski definition) is 2. The van der Waals surface area contributed by atoms with E-state index in [1.165, 1.54) is 11.0 Å². The number of carbonyl (C=O) groups is 1. The Kier molecular flexibility index (Phi) is 5.03. The predicted octanol–water partition coefficient (Wildman–Crippen LogP) is 4.09. The third-order valence-corrected chi connectivity index (χ3v) is 4.35. The molecule has 0 bridgehead atoms. The molecular weight excluding hydrogens is 369 g/mol. The monoisotopic (exact) mass is 385 g/mol. The van der Waals surface area contributed by atoms with Crippen molar-refractivity contribution in [3.63, 3.8) is 0 Å². The quantitative estimate of drug-likeness (QED) is 0.703. The van der Waals surface area contributed by atoms with Gasteiger partial charge in [-0.2, -0.15) is 9.49 Å². The molecule has 1 fully saturated rings.